The molecule has 18 nitrogen and oxygen atoms in total. The number of aliphatic imine (C=N–C) groups is 1. The first kappa shape index (κ1) is 45.6. The van der Waals surface area contributed by atoms with Gasteiger partial charge in [-0.3, -0.25) is 38.6 Å². The first-order chi connectivity index (χ1) is 27.7. The van der Waals surface area contributed by atoms with E-state index in [4.69, 9.17) is 22.9 Å². The van der Waals surface area contributed by atoms with Crippen molar-refractivity contribution in [3.05, 3.63) is 108 Å². The highest BCUT2D eigenvalue weighted by atomic mass is 16.2. The summed E-state index contributed by atoms with van der Waals surface area (Å²) in [4.78, 5) is 95.5. The van der Waals surface area contributed by atoms with Gasteiger partial charge in [-0.25, -0.2) is 0 Å². The second kappa shape index (κ2) is 24.0. The van der Waals surface area contributed by atoms with Crippen molar-refractivity contribution in [2.24, 2.45) is 27.9 Å². The summed E-state index contributed by atoms with van der Waals surface area (Å²) in [5.41, 5.74) is 24.0. The Kier molecular flexibility index (Phi) is 18.8. The number of rotatable bonds is 23. The van der Waals surface area contributed by atoms with E-state index in [1.807, 2.05) is 0 Å². The second-order valence-corrected chi connectivity index (χ2v) is 13.4. The maximum absolute atomic E-state index is 14.0. The minimum Gasteiger partial charge on any atom is -0.370 e. The third-order valence-corrected chi connectivity index (χ3v) is 8.75. The van der Waals surface area contributed by atoms with E-state index in [-0.39, 0.29) is 51.2 Å². The number of guanidine groups is 1. The summed E-state index contributed by atoms with van der Waals surface area (Å²) in [6.45, 7) is 0.796. The monoisotopic (exact) mass is 799 g/mol. The summed E-state index contributed by atoms with van der Waals surface area (Å²) >= 11 is 0. The molecule has 0 fully saturated rings. The number of carbonyl (C=O) groups excluding carboxylic acids is 7. The summed E-state index contributed by atoms with van der Waals surface area (Å²) in [6, 6.07) is 20.7. The zero-order chi connectivity index (χ0) is 42.5. The maximum Gasteiger partial charge on any atom is 0.243 e. The van der Waals surface area contributed by atoms with Gasteiger partial charge < -0.3 is 54.8 Å². The molecule has 3 aromatic rings. The molecular formula is C40H53N11O7. The van der Waals surface area contributed by atoms with E-state index in [0.717, 1.165) is 5.56 Å². The highest BCUT2D eigenvalue weighted by molar-refractivity contribution is 5.96. The third-order valence-electron chi connectivity index (χ3n) is 8.75. The number of nitrogens with zero attached hydrogens (tertiary/aromatic N) is 1. The quantitative estimate of drug-likeness (QED) is 0.0280. The molecule has 0 aliphatic rings. The van der Waals surface area contributed by atoms with E-state index in [0.29, 0.717) is 11.1 Å². The van der Waals surface area contributed by atoms with Gasteiger partial charge in [0.25, 0.3) is 0 Å². The van der Waals surface area contributed by atoms with E-state index in [1.165, 1.54) is 6.92 Å². The van der Waals surface area contributed by atoms with Crippen LogP contribution < -0.4 is 54.8 Å². The molecule has 3 rings (SSSR count). The third kappa shape index (κ3) is 16.5. The molecule has 0 aliphatic carbocycles. The fourth-order valence-electron chi connectivity index (χ4n) is 5.68. The summed E-state index contributed by atoms with van der Waals surface area (Å²) < 4.78 is 0. The van der Waals surface area contributed by atoms with Crippen LogP contribution in [-0.2, 0) is 52.8 Å². The summed E-state index contributed by atoms with van der Waals surface area (Å²) in [7, 11) is 0. The normalized spacial score (nSPS) is 13.2. The molecule has 0 bridgehead atoms. The van der Waals surface area contributed by atoms with Crippen LogP contribution >= 0.6 is 0 Å². The molecule has 18 heteroatoms. The van der Waals surface area contributed by atoms with Gasteiger partial charge in [-0.05, 0) is 36.5 Å². The van der Waals surface area contributed by atoms with Crippen LogP contribution in [-0.4, -0.2) is 97.2 Å². The molecule has 0 saturated heterocycles. The molecule has 0 saturated carbocycles. The second-order valence-electron chi connectivity index (χ2n) is 13.4. The highest BCUT2D eigenvalue weighted by Crippen LogP contribution is 2.09. The largest absolute Gasteiger partial charge is 0.370 e. The van der Waals surface area contributed by atoms with E-state index in [9.17, 15) is 33.6 Å². The van der Waals surface area contributed by atoms with Crippen molar-refractivity contribution in [3.8, 4) is 0 Å². The van der Waals surface area contributed by atoms with Crippen LogP contribution in [0.4, 0.5) is 0 Å². The Labute approximate surface area is 336 Å². The van der Waals surface area contributed by atoms with Gasteiger partial charge in [-0.15, -0.1) is 0 Å². The van der Waals surface area contributed by atoms with Gasteiger partial charge in [0.1, 0.15) is 30.2 Å². The average molecular weight is 800 g/mol. The summed E-state index contributed by atoms with van der Waals surface area (Å²) in [5, 5.41) is 15.6. The predicted molar refractivity (Wildman–Crippen MR) is 217 cm³/mol. The van der Waals surface area contributed by atoms with Crippen LogP contribution in [0.5, 0.6) is 0 Å². The van der Waals surface area contributed by atoms with Crippen LogP contribution in [0.3, 0.4) is 0 Å². The number of nitrogens with one attached hydrogen (secondary N) is 6. The molecule has 0 spiro atoms. The van der Waals surface area contributed by atoms with Crippen molar-refractivity contribution in [3.63, 3.8) is 0 Å². The minimum absolute atomic E-state index is 0.000543. The van der Waals surface area contributed by atoms with Crippen molar-refractivity contribution in [1.29, 1.82) is 0 Å². The minimum atomic E-state index is -1.25. The topological polar surface area (TPSA) is 308 Å². The molecule has 0 unspecified atom stereocenters. The number of carbonyl (C=O) groups is 7. The van der Waals surface area contributed by atoms with E-state index in [1.54, 1.807) is 91.0 Å². The molecule has 310 valence electrons. The standard InChI is InChI=1S/C40H53N11O7/c1-25(47-38(57)31(21-27-14-7-3-8-15-27)48-34(53)24-46-33(52)23-41)36(55)51-32(22-28-16-9-4-10-17-28)39(58)49-29(18-11-19-45-40(43)44)37(56)50-30(35(42)54)20-26-12-5-2-6-13-26/h2-10,12-17,25,29-32H,11,18-24,41H2,1H3,(H2,42,54)(H,46,52)(H,47,57)(H,48,53)(H,49,58)(H,50,56)(H,51,55)(H4,43,44,45)/t25-,29-,30-,31-,32-/m0/s1. The van der Waals surface area contributed by atoms with Crippen molar-refractivity contribution >= 4 is 47.3 Å². The van der Waals surface area contributed by atoms with Gasteiger partial charge in [-0.1, -0.05) is 91.0 Å². The van der Waals surface area contributed by atoms with Crippen molar-refractivity contribution in [2.75, 3.05) is 19.6 Å². The van der Waals surface area contributed by atoms with Gasteiger partial charge in [-0.2, -0.15) is 0 Å². The molecule has 0 aromatic heterocycles. The van der Waals surface area contributed by atoms with Crippen LogP contribution in [0.15, 0.2) is 96.0 Å². The molecular weight excluding hydrogens is 747 g/mol. The lowest BCUT2D eigenvalue weighted by Crippen LogP contribution is -2.59. The van der Waals surface area contributed by atoms with Crippen molar-refractivity contribution < 1.29 is 33.6 Å². The van der Waals surface area contributed by atoms with Gasteiger partial charge in [0, 0.05) is 25.8 Å². The lowest BCUT2D eigenvalue weighted by molar-refractivity contribution is -0.134. The number of primary amides is 1. The number of benzene rings is 3. The number of hydrogen-bond acceptors (Lipinski definition) is 9. The number of hydrogen-bond donors (Lipinski definition) is 10. The molecule has 0 aliphatic heterocycles. The van der Waals surface area contributed by atoms with Gasteiger partial charge >= 0.3 is 0 Å². The van der Waals surface area contributed by atoms with Gasteiger partial charge in [0.15, 0.2) is 5.96 Å². The molecule has 7 amide bonds. The molecule has 3 aromatic carbocycles. The smallest absolute Gasteiger partial charge is 0.243 e. The first-order valence-electron chi connectivity index (χ1n) is 18.7. The lowest BCUT2D eigenvalue weighted by atomic mass is 10.0. The molecule has 0 heterocycles. The number of nitrogens with two attached hydrogens (primary N) is 4. The highest BCUT2D eigenvalue weighted by Gasteiger charge is 2.31. The Morgan fingerprint density at radius 2 is 0.983 bits per heavy atom. The molecule has 5 atom stereocenters. The maximum atomic E-state index is 14.0. The van der Waals surface area contributed by atoms with Crippen molar-refractivity contribution in [1.82, 2.24) is 31.9 Å². The van der Waals surface area contributed by atoms with E-state index in [2.05, 4.69) is 36.9 Å². The van der Waals surface area contributed by atoms with Crippen LogP contribution in [0.25, 0.3) is 0 Å². The zero-order valence-electron chi connectivity index (χ0n) is 32.3. The summed E-state index contributed by atoms with van der Waals surface area (Å²) in [6.07, 6.45) is 0.475. The fraction of sp³-hybridized carbons (Fsp3) is 0.350. The Balaban J connectivity index is 1.80. The SMILES string of the molecule is C[C@H](NC(=O)[C@H](Cc1ccccc1)NC(=O)CNC(=O)CN)C(=O)N[C@@H](Cc1ccccc1)C(=O)N[C@@H](CCCN=C(N)N)C(=O)N[C@@H](Cc1ccccc1)C(N)=O. The van der Waals surface area contributed by atoms with Gasteiger partial charge in [0.2, 0.25) is 41.4 Å². The predicted octanol–water partition coefficient (Wildman–Crippen LogP) is -2.23. The Bertz CT molecular complexity index is 1860. The van der Waals surface area contributed by atoms with Crippen molar-refractivity contribution in [2.45, 2.75) is 69.2 Å². The van der Waals surface area contributed by atoms with Crippen LogP contribution in [0, 0.1) is 0 Å². The first-order valence-corrected chi connectivity index (χ1v) is 18.7. The Hall–Kier alpha value is -6.82. The Morgan fingerprint density at radius 1 is 0.552 bits per heavy atom. The fourth-order valence-corrected chi connectivity index (χ4v) is 5.68. The van der Waals surface area contributed by atoms with Crippen LogP contribution in [0.1, 0.15) is 36.5 Å². The lowest BCUT2D eigenvalue weighted by Gasteiger charge is -2.26. The van der Waals surface area contributed by atoms with Crippen LogP contribution in [0.2, 0.25) is 0 Å². The molecule has 0 radical (unpaired) electrons. The zero-order valence-corrected chi connectivity index (χ0v) is 32.3. The van der Waals surface area contributed by atoms with E-state index >= 15 is 0 Å². The Morgan fingerprint density at radius 3 is 1.47 bits per heavy atom. The average Bonchev–Trinajstić information content (AvgIpc) is 3.21. The molecule has 58 heavy (non-hydrogen) atoms. The van der Waals surface area contributed by atoms with E-state index < -0.39 is 78.1 Å². The number of amides is 7. The van der Waals surface area contributed by atoms with Gasteiger partial charge in [0.05, 0.1) is 13.1 Å². The summed E-state index contributed by atoms with van der Waals surface area (Å²) in [5.74, 6) is -5.03. The molecule has 14 N–H and O–H groups in total.